The summed E-state index contributed by atoms with van der Waals surface area (Å²) < 4.78 is 2.29. The molecule has 8 aromatic rings. The zero-order valence-corrected chi connectivity index (χ0v) is 31.0. The minimum atomic E-state index is 0. The second kappa shape index (κ2) is 13.5. The van der Waals surface area contributed by atoms with Crippen LogP contribution in [0.15, 0.2) is 116 Å². The topological polar surface area (TPSA) is 49.6 Å². The fourth-order valence-corrected chi connectivity index (χ4v) is 6.82. The number of anilines is 3. The molecule has 0 atom stereocenters. The number of benzene rings is 5. The molecule has 9 rings (SSSR count). The molecular weight excluding hydrogens is 793 g/mol. The molecule has 246 valence electrons. The van der Waals surface area contributed by atoms with Gasteiger partial charge in [-0.2, -0.15) is 37.0 Å². The van der Waals surface area contributed by atoms with E-state index >= 15 is 0 Å². The van der Waals surface area contributed by atoms with Gasteiger partial charge in [-0.05, 0) is 62.9 Å². The summed E-state index contributed by atoms with van der Waals surface area (Å²) in [6.07, 6.45) is 3.88. The first kappa shape index (κ1) is 33.2. The predicted octanol–water partition coefficient (Wildman–Crippen LogP) is 9.99. The average molecular weight is 828 g/mol. The maximum absolute atomic E-state index is 4.81. The minimum absolute atomic E-state index is 0. The van der Waals surface area contributed by atoms with Crippen LogP contribution in [0.1, 0.15) is 22.3 Å². The third-order valence-electron chi connectivity index (χ3n) is 9.25. The van der Waals surface area contributed by atoms with E-state index in [0.717, 1.165) is 45.3 Å². The van der Waals surface area contributed by atoms with Gasteiger partial charge in [0.05, 0.1) is 23.2 Å². The molecule has 0 radical (unpaired) electrons. The summed E-state index contributed by atoms with van der Waals surface area (Å²) in [6.45, 7) is 10.6. The Morgan fingerprint density at radius 2 is 1.46 bits per heavy atom. The number of pyridine rings is 1. The fraction of sp³-hybridized carbons (Fsp3) is 0.116. The SMILES string of the molecule is Cc1ccc2c(c1)c1ccc[c-]c1c1ncc(-c3c(C)cccc3C)n21.Cc1ccccc1-c1ncc2c(n1)N(c1[c-]cccc1)[CH-]N2C.[Ir+3]. The molecule has 0 aliphatic carbocycles. The fourth-order valence-electron chi connectivity index (χ4n) is 6.82. The van der Waals surface area contributed by atoms with Crippen LogP contribution in [-0.2, 0) is 20.1 Å². The van der Waals surface area contributed by atoms with Gasteiger partial charge in [0.15, 0.2) is 5.82 Å². The van der Waals surface area contributed by atoms with E-state index in [1.165, 1.54) is 44.1 Å². The average Bonchev–Trinajstić information content (AvgIpc) is 3.70. The first-order valence-corrected chi connectivity index (χ1v) is 16.4. The predicted molar refractivity (Wildman–Crippen MR) is 201 cm³/mol. The molecule has 0 spiro atoms. The van der Waals surface area contributed by atoms with Gasteiger partial charge in [-0.3, -0.25) is 4.98 Å². The number of nitrogens with zero attached hydrogens (tertiary/aromatic N) is 6. The Morgan fingerprint density at radius 1 is 0.700 bits per heavy atom. The Kier molecular flexibility index (Phi) is 8.96. The van der Waals surface area contributed by atoms with Crippen LogP contribution in [0.5, 0.6) is 0 Å². The van der Waals surface area contributed by atoms with E-state index in [2.05, 4.69) is 110 Å². The first-order valence-electron chi connectivity index (χ1n) is 16.4. The molecule has 0 unspecified atom stereocenters. The van der Waals surface area contributed by atoms with Gasteiger partial charge in [-0.25, -0.2) is 9.97 Å². The maximum Gasteiger partial charge on any atom is 3.00 e. The van der Waals surface area contributed by atoms with E-state index in [0.29, 0.717) is 0 Å². The third kappa shape index (κ3) is 5.72. The summed E-state index contributed by atoms with van der Waals surface area (Å²) in [6, 6.07) is 42.0. The van der Waals surface area contributed by atoms with Crippen molar-refractivity contribution in [2.75, 3.05) is 16.8 Å². The molecule has 0 saturated carbocycles. The normalized spacial score (nSPS) is 12.2. The van der Waals surface area contributed by atoms with Gasteiger partial charge in [0.25, 0.3) is 0 Å². The molecule has 0 amide bonds. The number of rotatable bonds is 3. The number of hydrogen-bond donors (Lipinski definition) is 0. The van der Waals surface area contributed by atoms with Crippen molar-refractivity contribution < 1.29 is 20.1 Å². The molecule has 0 N–H and O–H groups in total. The van der Waals surface area contributed by atoms with Crippen LogP contribution in [0, 0.1) is 46.5 Å². The number of aryl methyl sites for hydroxylation is 4. The van der Waals surface area contributed by atoms with Gasteiger partial charge in [0, 0.05) is 22.8 Å². The molecule has 0 saturated heterocycles. The first-order chi connectivity index (χ1) is 23.9. The van der Waals surface area contributed by atoms with E-state index in [1.54, 1.807) is 0 Å². The van der Waals surface area contributed by atoms with Crippen molar-refractivity contribution in [2.45, 2.75) is 27.7 Å². The molecule has 0 fully saturated rings. The quantitative estimate of drug-likeness (QED) is 0.131. The number of aromatic nitrogens is 4. The number of para-hydroxylation sites is 1. The molecule has 0 bridgehead atoms. The summed E-state index contributed by atoms with van der Waals surface area (Å²) in [5.41, 5.74) is 12.5. The van der Waals surface area contributed by atoms with Crippen molar-refractivity contribution in [3.63, 3.8) is 0 Å². The summed E-state index contributed by atoms with van der Waals surface area (Å²) in [4.78, 5) is 18.2. The summed E-state index contributed by atoms with van der Waals surface area (Å²) in [5.74, 6) is 1.62. The van der Waals surface area contributed by atoms with Crippen LogP contribution >= 0.6 is 0 Å². The maximum atomic E-state index is 4.81. The Labute approximate surface area is 306 Å². The zero-order chi connectivity index (χ0) is 33.6. The van der Waals surface area contributed by atoms with Crippen molar-refractivity contribution in [3.8, 4) is 22.6 Å². The standard InChI is InChI=1S/C24H19N2.C19H16N4.Ir/c1-15-11-12-21-20(13-15)18-9-4-5-10-19(18)24-25-14-22(26(21)24)23-16(2)7-6-8-17(23)3;1-14-8-6-7-11-16(14)18-20-12-17-19(21-18)23(13-22(17)2)15-9-4-3-5-10-15;/h4-9,11-14H,1-3H3;3-9,11-13H,1-2H3;/q-1;-2;+3. The van der Waals surface area contributed by atoms with Crippen molar-refractivity contribution in [1.82, 2.24) is 19.4 Å². The van der Waals surface area contributed by atoms with Crippen LogP contribution in [0.3, 0.4) is 0 Å². The smallest absolute Gasteiger partial charge is 0.501 e. The molecule has 4 heterocycles. The summed E-state index contributed by atoms with van der Waals surface area (Å²) >= 11 is 0. The Morgan fingerprint density at radius 3 is 2.24 bits per heavy atom. The van der Waals surface area contributed by atoms with Crippen molar-refractivity contribution in [2.24, 2.45) is 0 Å². The molecule has 50 heavy (non-hydrogen) atoms. The Balaban J connectivity index is 0.000000155. The minimum Gasteiger partial charge on any atom is -0.501 e. The Bertz CT molecular complexity index is 2480. The van der Waals surface area contributed by atoms with Crippen molar-refractivity contribution >= 4 is 44.5 Å². The molecule has 5 aromatic carbocycles. The monoisotopic (exact) mass is 828 g/mol. The number of fused-ring (bicyclic) bond motifs is 7. The molecule has 7 heteroatoms. The second-order valence-electron chi connectivity index (χ2n) is 12.6. The largest absolute Gasteiger partial charge is 3.00 e. The van der Waals surface area contributed by atoms with Crippen LogP contribution < -0.4 is 9.80 Å². The van der Waals surface area contributed by atoms with Crippen LogP contribution in [0.2, 0.25) is 0 Å². The molecule has 3 aromatic heterocycles. The van der Waals surface area contributed by atoms with E-state index in [1.807, 2.05) is 78.4 Å². The van der Waals surface area contributed by atoms with Gasteiger partial charge >= 0.3 is 20.1 Å². The zero-order valence-electron chi connectivity index (χ0n) is 28.6. The van der Waals surface area contributed by atoms with Crippen LogP contribution in [0.4, 0.5) is 17.2 Å². The van der Waals surface area contributed by atoms with Crippen LogP contribution in [0.25, 0.3) is 50.0 Å². The Hall–Kier alpha value is -5.36. The molecular formula is C43H35IrN6. The van der Waals surface area contributed by atoms with E-state index in [4.69, 9.17) is 9.97 Å². The van der Waals surface area contributed by atoms with Gasteiger partial charge in [0.1, 0.15) is 5.82 Å². The van der Waals surface area contributed by atoms with Crippen molar-refractivity contribution in [1.29, 1.82) is 0 Å². The molecule has 1 aliphatic heterocycles. The van der Waals surface area contributed by atoms with E-state index in [9.17, 15) is 0 Å². The third-order valence-corrected chi connectivity index (χ3v) is 9.25. The van der Waals surface area contributed by atoms with Crippen molar-refractivity contribution in [3.05, 3.63) is 157 Å². The molecule has 1 aliphatic rings. The van der Waals surface area contributed by atoms with Gasteiger partial charge in [-0.15, -0.1) is 35.3 Å². The van der Waals surface area contributed by atoms with Gasteiger partial charge in [0.2, 0.25) is 0 Å². The second-order valence-corrected chi connectivity index (χ2v) is 12.6. The summed E-state index contributed by atoms with van der Waals surface area (Å²) in [7, 11) is 2.00. The molecule has 6 nitrogen and oxygen atoms in total. The van der Waals surface area contributed by atoms with Crippen LogP contribution in [-0.4, -0.2) is 26.4 Å². The number of imidazole rings is 1. The summed E-state index contributed by atoms with van der Waals surface area (Å²) in [5, 5.41) is 3.52. The van der Waals surface area contributed by atoms with E-state index in [-0.39, 0.29) is 20.1 Å². The number of hydrogen-bond acceptors (Lipinski definition) is 5. The van der Waals surface area contributed by atoms with Gasteiger partial charge < -0.3 is 14.2 Å². The van der Waals surface area contributed by atoms with E-state index < -0.39 is 0 Å². The van der Waals surface area contributed by atoms with Gasteiger partial charge in [-0.1, -0.05) is 65.5 Å².